The molecule has 0 fully saturated rings. The lowest BCUT2D eigenvalue weighted by Gasteiger charge is -2.36. The highest BCUT2D eigenvalue weighted by molar-refractivity contribution is 6.74. The van der Waals surface area contributed by atoms with Crippen LogP contribution in [-0.4, -0.2) is 67.8 Å². The van der Waals surface area contributed by atoms with Crippen LogP contribution in [0.15, 0.2) is 0 Å². The van der Waals surface area contributed by atoms with Gasteiger partial charge in [-0.25, -0.2) is 0 Å². The van der Waals surface area contributed by atoms with Crippen molar-refractivity contribution in [2.45, 2.75) is 71.5 Å². The van der Waals surface area contributed by atoms with Gasteiger partial charge < -0.3 is 23.4 Å². The maximum atomic E-state index is 6.05. The minimum absolute atomic E-state index is 0.246. The van der Waals surface area contributed by atoms with Crippen molar-refractivity contribution in [1.82, 2.24) is 0 Å². The summed E-state index contributed by atoms with van der Waals surface area (Å²) in [5, 5.41) is 0.246. The van der Waals surface area contributed by atoms with E-state index in [1.807, 2.05) is 0 Å². The molecule has 0 aliphatic heterocycles. The van der Waals surface area contributed by atoms with E-state index in [-0.39, 0.29) is 5.04 Å². The third-order valence-electron chi connectivity index (χ3n) is 4.76. The molecule has 0 aromatic rings. The van der Waals surface area contributed by atoms with E-state index in [2.05, 4.69) is 40.8 Å². The summed E-state index contributed by atoms with van der Waals surface area (Å²) in [6.45, 7) is 19.3. The van der Waals surface area contributed by atoms with Crippen LogP contribution in [0, 0.1) is 0 Å². The number of ether oxygens (including phenoxy) is 4. The molecule has 0 heterocycles. The standard InChI is InChI=1S/C20H44O5Si/c1-7-8-9-10-11-21-12-13-22-14-15-23-16-17-24-18-19-25-26(5,6)20(2,3)4/h7-19H2,1-6H3. The highest BCUT2D eigenvalue weighted by atomic mass is 28.4. The Kier molecular flexibility index (Phi) is 16.0. The molecular weight excluding hydrogens is 348 g/mol. The Labute approximate surface area is 163 Å². The first kappa shape index (κ1) is 26.0. The first-order chi connectivity index (χ1) is 12.3. The van der Waals surface area contributed by atoms with Gasteiger partial charge in [-0.15, -0.1) is 0 Å². The molecule has 0 unspecified atom stereocenters. The van der Waals surface area contributed by atoms with Gasteiger partial charge in [0.1, 0.15) is 0 Å². The van der Waals surface area contributed by atoms with Crippen molar-refractivity contribution >= 4 is 8.32 Å². The summed E-state index contributed by atoms with van der Waals surface area (Å²) in [5.41, 5.74) is 0. The van der Waals surface area contributed by atoms with E-state index in [0.717, 1.165) is 13.0 Å². The predicted octanol–water partition coefficient (Wildman–Crippen LogP) is 4.65. The van der Waals surface area contributed by atoms with Crippen molar-refractivity contribution in [2.75, 3.05) is 59.5 Å². The van der Waals surface area contributed by atoms with Gasteiger partial charge in [0.05, 0.1) is 52.9 Å². The maximum absolute atomic E-state index is 6.05. The van der Waals surface area contributed by atoms with Gasteiger partial charge in [0.25, 0.3) is 0 Å². The quantitative estimate of drug-likeness (QED) is 0.251. The van der Waals surface area contributed by atoms with E-state index in [1.54, 1.807) is 0 Å². The van der Waals surface area contributed by atoms with E-state index in [0.29, 0.717) is 52.9 Å². The van der Waals surface area contributed by atoms with Crippen molar-refractivity contribution in [2.24, 2.45) is 0 Å². The van der Waals surface area contributed by atoms with E-state index >= 15 is 0 Å². The molecule has 0 radical (unpaired) electrons. The Morgan fingerprint density at radius 2 is 1.00 bits per heavy atom. The van der Waals surface area contributed by atoms with Crippen LogP contribution < -0.4 is 0 Å². The molecule has 0 saturated heterocycles. The predicted molar refractivity (Wildman–Crippen MR) is 111 cm³/mol. The van der Waals surface area contributed by atoms with Crippen molar-refractivity contribution < 1.29 is 23.4 Å². The zero-order valence-corrected chi connectivity index (χ0v) is 19.2. The molecule has 0 aromatic heterocycles. The zero-order valence-electron chi connectivity index (χ0n) is 18.2. The molecule has 158 valence electrons. The lowest BCUT2D eigenvalue weighted by Crippen LogP contribution is -2.41. The van der Waals surface area contributed by atoms with Gasteiger partial charge in [0.15, 0.2) is 8.32 Å². The Morgan fingerprint density at radius 1 is 0.577 bits per heavy atom. The molecule has 0 aromatic carbocycles. The largest absolute Gasteiger partial charge is 0.414 e. The first-order valence-corrected chi connectivity index (χ1v) is 13.2. The molecule has 0 N–H and O–H groups in total. The summed E-state index contributed by atoms with van der Waals surface area (Å²) < 4.78 is 28.1. The minimum atomic E-state index is -1.65. The third-order valence-corrected chi connectivity index (χ3v) is 9.29. The average molecular weight is 393 g/mol. The second-order valence-electron chi connectivity index (χ2n) is 8.12. The smallest absolute Gasteiger partial charge is 0.192 e. The number of hydrogen-bond donors (Lipinski definition) is 0. The topological polar surface area (TPSA) is 46.2 Å². The molecule has 0 amide bonds. The highest BCUT2D eigenvalue weighted by Crippen LogP contribution is 2.36. The van der Waals surface area contributed by atoms with Crippen LogP contribution in [-0.2, 0) is 23.4 Å². The summed E-state index contributed by atoms with van der Waals surface area (Å²) in [6.07, 6.45) is 4.97. The molecule has 0 saturated carbocycles. The second kappa shape index (κ2) is 16.0. The highest BCUT2D eigenvalue weighted by Gasteiger charge is 2.36. The molecule has 6 heteroatoms. The average Bonchev–Trinajstić information content (AvgIpc) is 2.56. The van der Waals surface area contributed by atoms with Crippen molar-refractivity contribution in [1.29, 1.82) is 0 Å². The monoisotopic (exact) mass is 392 g/mol. The van der Waals surface area contributed by atoms with Crippen LogP contribution in [0.1, 0.15) is 53.4 Å². The van der Waals surface area contributed by atoms with E-state index in [4.69, 9.17) is 23.4 Å². The normalized spacial score (nSPS) is 12.7. The maximum Gasteiger partial charge on any atom is 0.192 e. The lowest BCUT2D eigenvalue weighted by atomic mass is 10.2. The fourth-order valence-corrected chi connectivity index (χ4v) is 2.99. The van der Waals surface area contributed by atoms with Gasteiger partial charge in [0.2, 0.25) is 0 Å². The van der Waals surface area contributed by atoms with Gasteiger partial charge in [-0.1, -0.05) is 47.0 Å². The lowest BCUT2D eigenvalue weighted by molar-refractivity contribution is -0.00530. The molecule has 26 heavy (non-hydrogen) atoms. The number of hydrogen-bond acceptors (Lipinski definition) is 5. The molecule has 0 bridgehead atoms. The van der Waals surface area contributed by atoms with E-state index in [9.17, 15) is 0 Å². The van der Waals surface area contributed by atoms with Crippen LogP contribution in [0.2, 0.25) is 18.1 Å². The van der Waals surface area contributed by atoms with Crippen molar-refractivity contribution in [3.05, 3.63) is 0 Å². The van der Waals surface area contributed by atoms with Crippen LogP contribution in [0.3, 0.4) is 0 Å². The Balaban J connectivity index is 3.21. The molecule has 0 spiro atoms. The summed E-state index contributed by atoms with van der Waals surface area (Å²) in [5.74, 6) is 0. The van der Waals surface area contributed by atoms with Gasteiger partial charge in [-0.2, -0.15) is 0 Å². The Morgan fingerprint density at radius 3 is 1.42 bits per heavy atom. The SMILES string of the molecule is CCCCCCOCCOCCOCCOCCO[Si](C)(C)C(C)(C)C. The molecule has 0 aliphatic carbocycles. The summed E-state index contributed by atoms with van der Waals surface area (Å²) in [6, 6.07) is 0. The molecular formula is C20H44O5Si. The fraction of sp³-hybridized carbons (Fsp3) is 1.00. The van der Waals surface area contributed by atoms with Gasteiger partial charge >= 0.3 is 0 Å². The van der Waals surface area contributed by atoms with Gasteiger partial charge in [-0.3, -0.25) is 0 Å². The first-order valence-electron chi connectivity index (χ1n) is 10.3. The van der Waals surface area contributed by atoms with Crippen LogP contribution in [0.4, 0.5) is 0 Å². The molecule has 0 atom stereocenters. The Hall–Kier alpha value is 0.0169. The Bertz CT molecular complexity index is 305. The van der Waals surface area contributed by atoms with Crippen LogP contribution in [0.5, 0.6) is 0 Å². The van der Waals surface area contributed by atoms with Gasteiger partial charge in [0, 0.05) is 6.61 Å². The minimum Gasteiger partial charge on any atom is -0.414 e. The number of rotatable bonds is 18. The number of unbranched alkanes of at least 4 members (excludes halogenated alkanes) is 3. The van der Waals surface area contributed by atoms with E-state index in [1.165, 1.54) is 19.3 Å². The summed E-state index contributed by atoms with van der Waals surface area (Å²) in [7, 11) is -1.65. The van der Waals surface area contributed by atoms with Crippen molar-refractivity contribution in [3.63, 3.8) is 0 Å². The fourth-order valence-electron chi connectivity index (χ4n) is 1.96. The van der Waals surface area contributed by atoms with Crippen LogP contribution >= 0.6 is 0 Å². The van der Waals surface area contributed by atoms with Gasteiger partial charge in [-0.05, 0) is 24.6 Å². The summed E-state index contributed by atoms with van der Waals surface area (Å²) in [4.78, 5) is 0. The molecule has 0 aliphatic rings. The molecule has 5 nitrogen and oxygen atoms in total. The van der Waals surface area contributed by atoms with Crippen LogP contribution in [0.25, 0.3) is 0 Å². The third kappa shape index (κ3) is 15.1. The van der Waals surface area contributed by atoms with Crippen molar-refractivity contribution in [3.8, 4) is 0 Å². The molecule has 0 rings (SSSR count). The second-order valence-corrected chi connectivity index (χ2v) is 12.9. The zero-order chi connectivity index (χ0) is 19.7. The van der Waals surface area contributed by atoms with E-state index < -0.39 is 8.32 Å². The summed E-state index contributed by atoms with van der Waals surface area (Å²) >= 11 is 0.